The summed E-state index contributed by atoms with van der Waals surface area (Å²) in [5, 5.41) is 9.23. The Kier molecular flexibility index (Phi) is 5.01. The van der Waals surface area contributed by atoms with Gasteiger partial charge in [-0.25, -0.2) is 4.98 Å². The minimum Gasteiger partial charge on any atom is -0.387 e. The van der Waals surface area contributed by atoms with Crippen molar-refractivity contribution in [2.45, 2.75) is 65.7 Å². The van der Waals surface area contributed by atoms with Crippen molar-refractivity contribution in [3.63, 3.8) is 0 Å². The van der Waals surface area contributed by atoms with Crippen molar-refractivity contribution in [3.8, 4) is 0 Å². The third kappa shape index (κ3) is 3.56. The number of aromatic nitrogens is 2. The van der Waals surface area contributed by atoms with Crippen LogP contribution >= 0.6 is 11.3 Å². The number of fused-ring (bicyclic) bond motifs is 1. The van der Waals surface area contributed by atoms with E-state index in [4.69, 9.17) is 9.51 Å². The molecule has 1 spiro atoms. The summed E-state index contributed by atoms with van der Waals surface area (Å²) in [4.78, 5) is 7.54. The summed E-state index contributed by atoms with van der Waals surface area (Å²) in [7, 11) is 0. The molecule has 36 heavy (non-hydrogen) atoms. The number of nitrogens with zero attached hydrogens (tertiary/aromatic N) is 3. The fourth-order valence-electron chi connectivity index (χ4n) is 6.49. The largest absolute Gasteiger partial charge is 0.387 e. The van der Waals surface area contributed by atoms with Crippen molar-refractivity contribution < 1.29 is 4.52 Å². The number of hydrogen-bond donors (Lipinski definition) is 1. The van der Waals surface area contributed by atoms with Gasteiger partial charge in [-0.3, -0.25) is 0 Å². The first-order valence-electron chi connectivity index (χ1n) is 13.4. The Bertz CT molecular complexity index is 1470. The number of piperidine rings is 1. The van der Waals surface area contributed by atoms with Gasteiger partial charge in [0.15, 0.2) is 5.13 Å². The van der Waals surface area contributed by atoms with Crippen LogP contribution in [-0.2, 0) is 0 Å². The SMILES string of the molecule is CC1=CNCC(C)=C1c1noc(C2CC2)c1C1=CC2(CCN(c3nc4c(C)cc(C)cc4s3)CC2)C1. The summed E-state index contributed by atoms with van der Waals surface area (Å²) in [5.41, 5.74) is 11.8. The van der Waals surface area contributed by atoms with E-state index in [0.29, 0.717) is 11.3 Å². The van der Waals surface area contributed by atoms with E-state index in [0.717, 1.165) is 37.5 Å². The van der Waals surface area contributed by atoms with Gasteiger partial charge in [-0.15, -0.1) is 0 Å². The zero-order chi connectivity index (χ0) is 24.6. The van der Waals surface area contributed by atoms with Crippen LogP contribution in [0.15, 0.2) is 40.1 Å². The van der Waals surface area contributed by atoms with Gasteiger partial charge in [-0.2, -0.15) is 0 Å². The molecule has 0 atom stereocenters. The first kappa shape index (κ1) is 22.3. The molecule has 0 amide bonds. The van der Waals surface area contributed by atoms with Gasteiger partial charge in [-0.1, -0.05) is 28.6 Å². The molecule has 0 radical (unpaired) electrons. The lowest BCUT2D eigenvalue weighted by Crippen LogP contribution is -2.42. The Morgan fingerprint density at radius 1 is 1.11 bits per heavy atom. The molecule has 1 N–H and O–H groups in total. The van der Waals surface area contributed by atoms with Gasteiger partial charge in [0.05, 0.1) is 10.2 Å². The second-order valence-electron chi connectivity index (χ2n) is 11.5. The second-order valence-corrected chi connectivity index (χ2v) is 12.5. The maximum Gasteiger partial charge on any atom is 0.186 e. The van der Waals surface area contributed by atoms with E-state index in [1.54, 1.807) is 0 Å². The number of nitrogens with one attached hydrogen (secondary N) is 1. The number of benzene rings is 1. The molecule has 3 aromatic rings. The first-order valence-corrected chi connectivity index (χ1v) is 14.2. The van der Waals surface area contributed by atoms with Crippen LogP contribution in [0, 0.1) is 19.3 Å². The molecular formula is C30H34N4OS. The number of anilines is 1. The fourth-order valence-corrected chi connectivity index (χ4v) is 7.68. The molecule has 186 valence electrons. The number of dihydropyridines is 1. The summed E-state index contributed by atoms with van der Waals surface area (Å²) in [6, 6.07) is 4.52. The molecule has 6 heteroatoms. The third-order valence-electron chi connectivity index (χ3n) is 8.60. The summed E-state index contributed by atoms with van der Waals surface area (Å²) < 4.78 is 7.35. The van der Waals surface area contributed by atoms with Crippen LogP contribution in [0.25, 0.3) is 21.4 Å². The van der Waals surface area contributed by atoms with Gasteiger partial charge in [0.2, 0.25) is 0 Å². The summed E-state index contributed by atoms with van der Waals surface area (Å²) in [6.45, 7) is 11.8. The summed E-state index contributed by atoms with van der Waals surface area (Å²) >= 11 is 1.85. The predicted molar refractivity (Wildman–Crippen MR) is 148 cm³/mol. The molecule has 7 rings (SSSR count). The standard InChI is InChI=1S/C30H34N4OS/c1-17-11-18(2)26-23(12-17)36-29(32-26)34-9-7-30(8-10-34)13-22(14-30)25-27(33-35-28(25)21-5-6-21)24-19(3)15-31-16-20(24)4/h11-13,15,21,31H,5-10,14,16H2,1-4H3. The highest BCUT2D eigenvalue weighted by Crippen LogP contribution is 2.55. The van der Waals surface area contributed by atoms with Crippen LogP contribution in [-0.4, -0.2) is 29.8 Å². The van der Waals surface area contributed by atoms with Gasteiger partial charge in [0.1, 0.15) is 11.5 Å². The maximum atomic E-state index is 6.04. The monoisotopic (exact) mass is 498 g/mol. The number of thiazole rings is 1. The minimum absolute atomic E-state index is 0.312. The van der Waals surface area contributed by atoms with E-state index in [1.165, 1.54) is 80.0 Å². The average Bonchev–Trinajstić information content (AvgIpc) is 3.44. The molecule has 0 bridgehead atoms. The molecular weight excluding hydrogens is 464 g/mol. The second kappa shape index (κ2) is 8.07. The van der Waals surface area contributed by atoms with Gasteiger partial charge < -0.3 is 14.7 Å². The van der Waals surface area contributed by atoms with Gasteiger partial charge in [0, 0.05) is 42.9 Å². The quantitative estimate of drug-likeness (QED) is 0.415. The molecule has 1 saturated carbocycles. The Morgan fingerprint density at radius 3 is 2.61 bits per heavy atom. The molecule has 4 heterocycles. The molecule has 0 unspecified atom stereocenters. The predicted octanol–water partition coefficient (Wildman–Crippen LogP) is 7.13. The number of hydrogen-bond acceptors (Lipinski definition) is 6. The van der Waals surface area contributed by atoms with Crippen LogP contribution in [0.2, 0.25) is 0 Å². The van der Waals surface area contributed by atoms with E-state index < -0.39 is 0 Å². The number of rotatable bonds is 4. The van der Waals surface area contributed by atoms with Gasteiger partial charge in [0.25, 0.3) is 0 Å². The van der Waals surface area contributed by atoms with E-state index in [-0.39, 0.29) is 0 Å². The van der Waals surface area contributed by atoms with Crippen molar-refractivity contribution in [3.05, 3.63) is 63.7 Å². The molecule has 2 fully saturated rings. The van der Waals surface area contributed by atoms with Crippen LogP contribution in [0.4, 0.5) is 5.13 Å². The molecule has 4 aliphatic rings. The van der Waals surface area contributed by atoms with Crippen molar-refractivity contribution >= 4 is 37.8 Å². The Morgan fingerprint density at radius 2 is 1.89 bits per heavy atom. The maximum absolute atomic E-state index is 6.04. The van der Waals surface area contributed by atoms with Crippen LogP contribution in [0.1, 0.15) is 80.0 Å². The summed E-state index contributed by atoms with van der Waals surface area (Å²) in [6.07, 6.45) is 10.7. The lowest BCUT2D eigenvalue weighted by molar-refractivity contribution is 0.277. The Labute approximate surface area is 217 Å². The molecule has 5 nitrogen and oxygen atoms in total. The lowest BCUT2D eigenvalue weighted by atomic mass is 9.63. The van der Waals surface area contributed by atoms with E-state index in [9.17, 15) is 0 Å². The van der Waals surface area contributed by atoms with Crippen LogP contribution in [0.3, 0.4) is 0 Å². The molecule has 2 aliphatic heterocycles. The van der Waals surface area contributed by atoms with Crippen LogP contribution < -0.4 is 10.2 Å². The molecule has 1 aromatic carbocycles. The topological polar surface area (TPSA) is 54.2 Å². The van der Waals surface area contributed by atoms with Crippen LogP contribution in [0.5, 0.6) is 0 Å². The highest BCUT2D eigenvalue weighted by atomic mass is 32.1. The van der Waals surface area contributed by atoms with Crippen molar-refractivity contribution in [2.24, 2.45) is 5.41 Å². The minimum atomic E-state index is 0.312. The molecule has 1 saturated heterocycles. The molecule has 2 aliphatic carbocycles. The number of aryl methyl sites for hydroxylation is 2. The third-order valence-corrected chi connectivity index (χ3v) is 9.67. The molecule has 2 aromatic heterocycles. The van der Waals surface area contributed by atoms with Crippen molar-refractivity contribution in [1.82, 2.24) is 15.5 Å². The van der Waals surface area contributed by atoms with Gasteiger partial charge >= 0.3 is 0 Å². The number of allylic oxidation sites excluding steroid dienone is 4. The zero-order valence-electron chi connectivity index (χ0n) is 21.7. The summed E-state index contributed by atoms with van der Waals surface area (Å²) in [5.74, 6) is 1.69. The first-order chi connectivity index (χ1) is 17.4. The van der Waals surface area contributed by atoms with E-state index >= 15 is 0 Å². The van der Waals surface area contributed by atoms with Crippen molar-refractivity contribution in [2.75, 3.05) is 24.5 Å². The normalized spacial score (nSPS) is 21.5. The van der Waals surface area contributed by atoms with Gasteiger partial charge in [-0.05, 0) is 99.1 Å². The fraction of sp³-hybridized carbons (Fsp3) is 0.467. The zero-order valence-corrected chi connectivity index (χ0v) is 22.5. The smallest absolute Gasteiger partial charge is 0.186 e. The van der Waals surface area contributed by atoms with E-state index in [2.05, 4.69) is 67.5 Å². The Hall–Kier alpha value is -2.86. The lowest BCUT2D eigenvalue weighted by Gasteiger charge is -2.46. The van der Waals surface area contributed by atoms with Crippen molar-refractivity contribution in [1.29, 1.82) is 0 Å². The average molecular weight is 499 g/mol. The van der Waals surface area contributed by atoms with E-state index in [1.807, 2.05) is 11.3 Å². The highest BCUT2D eigenvalue weighted by Gasteiger charge is 2.44. The Balaban J connectivity index is 1.15. The highest BCUT2D eigenvalue weighted by molar-refractivity contribution is 7.22.